The van der Waals surface area contributed by atoms with Crippen LogP contribution < -0.4 is 5.32 Å². The zero-order valence-electron chi connectivity index (χ0n) is 11.3. The van der Waals surface area contributed by atoms with E-state index in [-0.39, 0.29) is 23.7 Å². The van der Waals surface area contributed by atoms with Crippen LogP contribution in [0.2, 0.25) is 0 Å². The summed E-state index contributed by atoms with van der Waals surface area (Å²) in [6.45, 7) is 1.91. The molecule has 0 spiro atoms. The van der Waals surface area contributed by atoms with E-state index < -0.39 is 10.9 Å². The fraction of sp³-hybridized carbons (Fsp3) is 0.250. The number of carbonyl (C=O) groups is 1. The Labute approximate surface area is 119 Å². The van der Waals surface area contributed by atoms with Crippen molar-refractivity contribution in [3.63, 3.8) is 0 Å². The number of rotatable bonds is 5. The van der Waals surface area contributed by atoms with Crippen LogP contribution in [0, 0.1) is 17.0 Å². The Morgan fingerprint density at radius 3 is 2.86 bits per heavy atom. The monoisotopic (exact) mass is 292 g/mol. The highest BCUT2D eigenvalue weighted by atomic mass is 16.6. The third kappa shape index (κ3) is 3.32. The van der Waals surface area contributed by atoms with E-state index in [9.17, 15) is 14.9 Å². The summed E-state index contributed by atoms with van der Waals surface area (Å²) < 4.78 is 9.51. The minimum Gasteiger partial charge on any atom is -0.464 e. The maximum Gasteiger partial charge on any atom is 0.356 e. The van der Waals surface area contributed by atoms with E-state index >= 15 is 0 Å². The van der Waals surface area contributed by atoms with E-state index in [4.69, 9.17) is 4.52 Å². The smallest absolute Gasteiger partial charge is 0.356 e. The number of aryl methyl sites for hydroxylation is 1. The molecule has 0 aliphatic carbocycles. The van der Waals surface area contributed by atoms with Crippen molar-refractivity contribution in [3.8, 4) is 0 Å². The van der Waals surface area contributed by atoms with Gasteiger partial charge in [0, 0.05) is 12.1 Å². The molecule has 21 heavy (non-hydrogen) atoms. The Balaban J connectivity index is 2.25. The molecule has 1 N–H and O–H groups in total. The van der Waals surface area contributed by atoms with Crippen LogP contribution in [-0.2, 0) is 11.3 Å². The average Bonchev–Trinajstić information content (AvgIpc) is 2.89. The van der Waals surface area contributed by atoms with Crippen molar-refractivity contribution in [2.24, 2.45) is 0 Å². The van der Waals surface area contributed by atoms with Crippen LogP contribution in [0.15, 0.2) is 22.7 Å². The molecule has 110 valence electrons. The number of hydrogen-bond acceptors (Lipinski definition) is 8. The number of pyridine rings is 1. The Morgan fingerprint density at radius 2 is 2.29 bits per heavy atom. The van der Waals surface area contributed by atoms with Gasteiger partial charge in [-0.15, -0.1) is 0 Å². The molecule has 0 unspecified atom stereocenters. The van der Waals surface area contributed by atoms with Crippen LogP contribution in [0.1, 0.15) is 21.9 Å². The van der Waals surface area contributed by atoms with Gasteiger partial charge in [-0.05, 0) is 13.0 Å². The summed E-state index contributed by atoms with van der Waals surface area (Å²) in [5.74, 6) is -0.229. The van der Waals surface area contributed by atoms with Gasteiger partial charge in [0.1, 0.15) is 0 Å². The van der Waals surface area contributed by atoms with Gasteiger partial charge in [-0.25, -0.2) is 9.78 Å². The van der Waals surface area contributed by atoms with Crippen molar-refractivity contribution in [1.29, 1.82) is 0 Å². The third-order valence-electron chi connectivity index (χ3n) is 2.57. The highest BCUT2D eigenvalue weighted by Crippen LogP contribution is 2.23. The van der Waals surface area contributed by atoms with Crippen molar-refractivity contribution < 1.29 is 19.0 Å². The van der Waals surface area contributed by atoms with Crippen molar-refractivity contribution in [2.75, 3.05) is 12.4 Å². The molecule has 0 radical (unpaired) electrons. The first kappa shape index (κ1) is 14.4. The van der Waals surface area contributed by atoms with Crippen molar-refractivity contribution in [1.82, 2.24) is 10.1 Å². The lowest BCUT2D eigenvalue weighted by molar-refractivity contribution is -0.384. The molecule has 2 aromatic rings. The second kappa shape index (κ2) is 5.99. The maximum atomic E-state index is 11.4. The fourth-order valence-corrected chi connectivity index (χ4v) is 1.62. The van der Waals surface area contributed by atoms with E-state index in [1.807, 2.05) is 0 Å². The van der Waals surface area contributed by atoms with E-state index in [2.05, 4.69) is 20.2 Å². The maximum absolute atomic E-state index is 11.4. The molecule has 9 heteroatoms. The molecule has 0 saturated heterocycles. The molecule has 2 heterocycles. The first-order valence-corrected chi connectivity index (χ1v) is 5.91. The Kier molecular flexibility index (Phi) is 4.12. The van der Waals surface area contributed by atoms with Gasteiger partial charge < -0.3 is 14.6 Å². The number of anilines is 1. The lowest BCUT2D eigenvalue weighted by Gasteiger charge is -2.06. The SMILES string of the molecule is COC(=O)c1ccc([N+](=O)[O-])c(NCc2cc(C)no2)n1. The van der Waals surface area contributed by atoms with Gasteiger partial charge in [-0.1, -0.05) is 5.16 Å². The van der Waals surface area contributed by atoms with Gasteiger partial charge in [-0.3, -0.25) is 10.1 Å². The van der Waals surface area contributed by atoms with E-state index in [1.54, 1.807) is 13.0 Å². The molecule has 2 aromatic heterocycles. The summed E-state index contributed by atoms with van der Waals surface area (Å²) in [7, 11) is 1.20. The van der Waals surface area contributed by atoms with Gasteiger partial charge in [0.15, 0.2) is 11.5 Å². The molecule has 0 amide bonds. The van der Waals surface area contributed by atoms with E-state index in [0.29, 0.717) is 11.5 Å². The van der Waals surface area contributed by atoms with Crippen LogP contribution in [0.3, 0.4) is 0 Å². The zero-order chi connectivity index (χ0) is 15.4. The number of nitro groups is 1. The number of hydrogen-bond donors (Lipinski definition) is 1. The van der Waals surface area contributed by atoms with Gasteiger partial charge in [0.05, 0.1) is 24.3 Å². The number of aromatic nitrogens is 2. The molecule has 0 aromatic carbocycles. The summed E-state index contributed by atoms with van der Waals surface area (Å²) in [6.07, 6.45) is 0. The zero-order valence-corrected chi connectivity index (χ0v) is 11.3. The minimum absolute atomic E-state index is 0.0284. The number of ether oxygens (including phenoxy) is 1. The van der Waals surface area contributed by atoms with Crippen LogP contribution >= 0.6 is 0 Å². The second-order valence-electron chi connectivity index (χ2n) is 4.10. The van der Waals surface area contributed by atoms with Crippen LogP contribution in [0.5, 0.6) is 0 Å². The fourth-order valence-electron chi connectivity index (χ4n) is 1.62. The topological polar surface area (TPSA) is 120 Å². The quantitative estimate of drug-likeness (QED) is 0.502. The number of methoxy groups -OCH3 is 1. The minimum atomic E-state index is -0.677. The molecular weight excluding hydrogens is 280 g/mol. The summed E-state index contributed by atoms with van der Waals surface area (Å²) in [5.41, 5.74) is 0.413. The molecule has 0 saturated carbocycles. The van der Waals surface area contributed by atoms with Crippen molar-refractivity contribution in [2.45, 2.75) is 13.5 Å². The van der Waals surface area contributed by atoms with Gasteiger partial charge in [0.25, 0.3) is 0 Å². The van der Waals surface area contributed by atoms with Gasteiger partial charge in [-0.2, -0.15) is 0 Å². The Bertz CT molecular complexity index is 682. The number of nitrogens with one attached hydrogen (secondary N) is 1. The summed E-state index contributed by atoms with van der Waals surface area (Å²) in [5, 5.41) is 17.4. The lowest BCUT2D eigenvalue weighted by Crippen LogP contribution is -2.09. The van der Waals surface area contributed by atoms with Gasteiger partial charge in [0.2, 0.25) is 5.82 Å². The van der Waals surface area contributed by atoms with E-state index in [1.165, 1.54) is 19.2 Å². The molecule has 2 rings (SSSR count). The average molecular weight is 292 g/mol. The molecular formula is C12H12N4O5. The van der Waals surface area contributed by atoms with Gasteiger partial charge >= 0.3 is 11.7 Å². The standard InChI is InChI=1S/C12H12N4O5/c1-7-5-8(21-15-7)6-13-11-10(16(18)19)4-3-9(14-11)12(17)20-2/h3-5H,6H2,1-2H3,(H,13,14). The molecule has 0 fully saturated rings. The lowest BCUT2D eigenvalue weighted by atomic mass is 10.3. The van der Waals surface area contributed by atoms with Crippen LogP contribution in [0.4, 0.5) is 11.5 Å². The highest BCUT2D eigenvalue weighted by Gasteiger charge is 2.19. The molecule has 0 bridgehead atoms. The predicted octanol–water partition coefficient (Wildman–Crippen LogP) is 1.68. The first-order chi connectivity index (χ1) is 10.0. The first-order valence-electron chi connectivity index (χ1n) is 5.91. The summed E-state index contributed by atoms with van der Waals surface area (Å²) in [4.78, 5) is 25.7. The Hall–Kier alpha value is -2.97. The highest BCUT2D eigenvalue weighted by molar-refractivity contribution is 5.88. The predicted molar refractivity (Wildman–Crippen MR) is 70.8 cm³/mol. The van der Waals surface area contributed by atoms with Crippen LogP contribution in [-0.4, -0.2) is 28.1 Å². The second-order valence-corrected chi connectivity index (χ2v) is 4.10. The molecule has 9 nitrogen and oxygen atoms in total. The normalized spacial score (nSPS) is 10.2. The molecule has 0 aliphatic heterocycles. The number of nitrogens with zero attached hydrogens (tertiary/aromatic N) is 3. The third-order valence-corrected chi connectivity index (χ3v) is 2.57. The number of carbonyl (C=O) groups excluding carboxylic acids is 1. The Morgan fingerprint density at radius 1 is 1.52 bits per heavy atom. The van der Waals surface area contributed by atoms with Crippen LogP contribution in [0.25, 0.3) is 0 Å². The van der Waals surface area contributed by atoms with Crippen molar-refractivity contribution in [3.05, 3.63) is 45.5 Å². The summed E-state index contributed by atoms with van der Waals surface area (Å²) >= 11 is 0. The number of esters is 1. The van der Waals surface area contributed by atoms with Crippen molar-refractivity contribution >= 4 is 17.5 Å². The molecule has 0 atom stereocenters. The summed E-state index contributed by atoms with van der Waals surface area (Å²) in [6, 6.07) is 4.10. The largest absolute Gasteiger partial charge is 0.464 e. The molecule has 0 aliphatic rings. The van der Waals surface area contributed by atoms with E-state index in [0.717, 1.165) is 0 Å².